The highest BCUT2D eigenvalue weighted by molar-refractivity contribution is 6.39. The first kappa shape index (κ1) is 11.1. The molecule has 0 fully saturated rings. The van der Waals surface area contributed by atoms with Gasteiger partial charge in [0.05, 0.1) is 0 Å². The second kappa shape index (κ2) is 4.85. The van der Waals surface area contributed by atoms with Gasteiger partial charge in [-0.3, -0.25) is 0 Å². The molecule has 1 unspecified atom stereocenters. The summed E-state index contributed by atoms with van der Waals surface area (Å²) in [6.45, 7) is 11.7. The fourth-order valence-electron chi connectivity index (χ4n) is 1.02. The third-order valence-corrected chi connectivity index (χ3v) is 2.97. The molecule has 0 aliphatic heterocycles. The van der Waals surface area contributed by atoms with E-state index in [2.05, 4.69) is 34.6 Å². The third kappa shape index (κ3) is 5.35. The molecule has 0 spiro atoms. The quantitative estimate of drug-likeness (QED) is 0.531. The summed E-state index contributed by atoms with van der Waals surface area (Å²) in [6.07, 6.45) is 4.04. The van der Waals surface area contributed by atoms with Crippen LogP contribution in [0.25, 0.3) is 0 Å². The van der Waals surface area contributed by atoms with Crippen LogP contribution in [0, 0.1) is 5.92 Å². The number of rotatable bonds is 5. The van der Waals surface area contributed by atoms with Crippen molar-refractivity contribution in [3.8, 4) is 0 Å². The fourth-order valence-corrected chi connectivity index (χ4v) is 1.02. The van der Waals surface area contributed by atoms with Crippen molar-refractivity contribution < 1.29 is 0 Å². The molecule has 0 aliphatic rings. The zero-order chi connectivity index (χ0) is 8.91. The third-order valence-electron chi connectivity index (χ3n) is 2.97. The molecular formula is C10H23B. The Hall–Kier alpha value is 0.0649. The van der Waals surface area contributed by atoms with E-state index in [4.69, 9.17) is 0 Å². The molecule has 11 heavy (non-hydrogen) atoms. The summed E-state index contributed by atoms with van der Waals surface area (Å²) in [5.74, 6) is 0.917. The highest BCUT2D eigenvalue weighted by Crippen LogP contribution is 2.29. The summed E-state index contributed by atoms with van der Waals surface area (Å²) in [4.78, 5) is 0. The summed E-state index contributed by atoms with van der Waals surface area (Å²) >= 11 is 0. The standard InChI is InChI=1S/C10H23B/c1-6-9(3)8-11-10(4,5)7-2/h9,11H,6-8H2,1-5H3. The van der Waals surface area contributed by atoms with Crippen molar-refractivity contribution in [2.24, 2.45) is 5.92 Å². The van der Waals surface area contributed by atoms with Gasteiger partial charge in [0.25, 0.3) is 0 Å². The molecule has 1 atom stereocenters. The molecule has 0 amide bonds. The van der Waals surface area contributed by atoms with E-state index in [1.807, 2.05) is 0 Å². The van der Waals surface area contributed by atoms with E-state index in [0.717, 1.165) is 5.92 Å². The SMILES string of the molecule is CCC(C)CBC(C)(C)CC. The molecule has 0 heterocycles. The molecular weight excluding hydrogens is 131 g/mol. The van der Waals surface area contributed by atoms with Gasteiger partial charge in [0, 0.05) is 0 Å². The summed E-state index contributed by atoms with van der Waals surface area (Å²) in [5, 5.41) is 0.573. The largest absolute Gasteiger partial charge is 0.127 e. The average molecular weight is 154 g/mol. The Morgan fingerprint density at radius 3 is 2.18 bits per heavy atom. The summed E-state index contributed by atoms with van der Waals surface area (Å²) in [6, 6.07) is 0. The lowest BCUT2D eigenvalue weighted by atomic mass is 9.49. The van der Waals surface area contributed by atoms with Crippen LogP contribution in [0.5, 0.6) is 0 Å². The van der Waals surface area contributed by atoms with Gasteiger partial charge in [-0.2, -0.15) is 0 Å². The number of hydrogen-bond donors (Lipinski definition) is 0. The molecule has 0 bridgehead atoms. The molecule has 0 saturated heterocycles. The molecule has 0 N–H and O–H groups in total. The van der Waals surface area contributed by atoms with Crippen molar-refractivity contribution >= 4 is 7.28 Å². The van der Waals surface area contributed by atoms with Gasteiger partial charge in [-0.1, -0.05) is 65.0 Å². The van der Waals surface area contributed by atoms with Crippen molar-refractivity contribution in [3.05, 3.63) is 0 Å². The van der Waals surface area contributed by atoms with E-state index < -0.39 is 0 Å². The molecule has 0 aromatic rings. The van der Waals surface area contributed by atoms with Gasteiger partial charge in [0.2, 0.25) is 0 Å². The zero-order valence-electron chi connectivity index (χ0n) is 8.91. The molecule has 0 radical (unpaired) electrons. The van der Waals surface area contributed by atoms with Gasteiger partial charge >= 0.3 is 0 Å². The maximum absolute atomic E-state index is 2.37. The van der Waals surface area contributed by atoms with Gasteiger partial charge in [-0.05, 0) is 0 Å². The van der Waals surface area contributed by atoms with Gasteiger partial charge < -0.3 is 0 Å². The lowest BCUT2D eigenvalue weighted by Crippen LogP contribution is -2.13. The Morgan fingerprint density at radius 2 is 1.82 bits per heavy atom. The van der Waals surface area contributed by atoms with Gasteiger partial charge in [0.1, 0.15) is 7.28 Å². The van der Waals surface area contributed by atoms with Crippen LogP contribution in [-0.2, 0) is 0 Å². The van der Waals surface area contributed by atoms with Crippen molar-refractivity contribution in [2.45, 2.75) is 59.1 Å². The predicted molar refractivity (Wildman–Crippen MR) is 55.7 cm³/mol. The van der Waals surface area contributed by atoms with Gasteiger partial charge in [-0.25, -0.2) is 0 Å². The first-order chi connectivity index (χ1) is 5.02. The minimum atomic E-state index is 0.573. The van der Waals surface area contributed by atoms with Crippen LogP contribution in [0.15, 0.2) is 0 Å². The second-order valence-corrected chi connectivity index (χ2v) is 4.57. The minimum absolute atomic E-state index is 0.573. The number of hydrogen-bond acceptors (Lipinski definition) is 0. The molecule has 66 valence electrons. The van der Waals surface area contributed by atoms with Crippen molar-refractivity contribution in [3.63, 3.8) is 0 Å². The molecule has 0 saturated carbocycles. The van der Waals surface area contributed by atoms with E-state index in [0.29, 0.717) is 5.31 Å². The van der Waals surface area contributed by atoms with Crippen molar-refractivity contribution in [1.29, 1.82) is 0 Å². The van der Waals surface area contributed by atoms with Crippen LogP contribution in [0.4, 0.5) is 0 Å². The molecule has 1 heteroatoms. The molecule has 0 nitrogen and oxygen atoms in total. The van der Waals surface area contributed by atoms with Crippen molar-refractivity contribution in [1.82, 2.24) is 0 Å². The van der Waals surface area contributed by atoms with Crippen LogP contribution in [0.3, 0.4) is 0 Å². The second-order valence-electron chi connectivity index (χ2n) is 4.57. The smallest absolute Gasteiger partial charge is 0.0744 e. The van der Waals surface area contributed by atoms with E-state index in [1.165, 1.54) is 26.4 Å². The van der Waals surface area contributed by atoms with Crippen LogP contribution in [0.1, 0.15) is 47.5 Å². The fraction of sp³-hybridized carbons (Fsp3) is 1.00. The molecule has 0 aliphatic carbocycles. The Kier molecular flexibility index (Phi) is 4.87. The topological polar surface area (TPSA) is 0 Å². The van der Waals surface area contributed by atoms with Crippen LogP contribution in [0.2, 0.25) is 11.6 Å². The lowest BCUT2D eigenvalue weighted by Gasteiger charge is -2.22. The monoisotopic (exact) mass is 154 g/mol. The molecule has 0 rings (SSSR count). The van der Waals surface area contributed by atoms with Crippen LogP contribution >= 0.6 is 0 Å². The first-order valence-corrected chi connectivity index (χ1v) is 5.02. The average Bonchev–Trinajstić information content (AvgIpc) is 2.00. The highest BCUT2D eigenvalue weighted by atomic mass is 14.1. The van der Waals surface area contributed by atoms with E-state index in [9.17, 15) is 0 Å². The van der Waals surface area contributed by atoms with E-state index in [-0.39, 0.29) is 0 Å². The zero-order valence-corrected chi connectivity index (χ0v) is 8.91. The Morgan fingerprint density at radius 1 is 1.27 bits per heavy atom. The normalized spacial score (nSPS) is 14.6. The Balaban J connectivity index is 3.52. The van der Waals surface area contributed by atoms with Crippen molar-refractivity contribution in [2.75, 3.05) is 0 Å². The summed E-state index contributed by atoms with van der Waals surface area (Å²) in [5.41, 5.74) is 0. The maximum atomic E-state index is 2.37. The van der Waals surface area contributed by atoms with Gasteiger partial charge in [-0.15, -0.1) is 0 Å². The Labute approximate surface area is 73.0 Å². The van der Waals surface area contributed by atoms with Crippen LogP contribution in [-0.4, -0.2) is 7.28 Å². The Bertz CT molecular complexity index is 97.0. The summed E-state index contributed by atoms with van der Waals surface area (Å²) < 4.78 is 0. The molecule has 0 aromatic heterocycles. The van der Waals surface area contributed by atoms with Gasteiger partial charge in [0.15, 0.2) is 0 Å². The first-order valence-electron chi connectivity index (χ1n) is 5.02. The minimum Gasteiger partial charge on any atom is -0.0744 e. The molecule has 0 aromatic carbocycles. The highest BCUT2D eigenvalue weighted by Gasteiger charge is 2.17. The summed E-state index contributed by atoms with van der Waals surface area (Å²) in [7, 11) is 1.39. The van der Waals surface area contributed by atoms with E-state index in [1.54, 1.807) is 0 Å². The lowest BCUT2D eigenvalue weighted by molar-refractivity contribution is 0.590. The maximum Gasteiger partial charge on any atom is 0.127 e. The predicted octanol–water partition coefficient (Wildman–Crippen LogP) is 3.50. The van der Waals surface area contributed by atoms with E-state index >= 15 is 0 Å². The van der Waals surface area contributed by atoms with Crippen LogP contribution < -0.4 is 0 Å².